The molecular formula is C6H10OS. The molecule has 1 aliphatic heterocycles. The first-order valence-electron chi connectivity index (χ1n) is 2.71. The molecule has 0 amide bonds. The predicted molar refractivity (Wildman–Crippen MR) is 37.0 cm³/mol. The lowest BCUT2D eigenvalue weighted by atomic mass is 10.2. The molecule has 1 fully saturated rings. The van der Waals surface area contributed by atoms with Gasteiger partial charge < -0.3 is 4.74 Å². The summed E-state index contributed by atoms with van der Waals surface area (Å²) in [5, 5.41) is 0. The predicted octanol–water partition coefficient (Wildman–Crippen LogP) is 1.51. The van der Waals surface area contributed by atoms with E-state index < -0.39 is 0 Å². The second kappa shape index (κ2) is 3.15. The standard InChI is InChI=1S/C6H10OS/c1-2-6-3-7-5-8-4-6/h2,6H,1,3-5H2. The Morgan fingerprint density at radius 1 is 1.75 bits per heavy atom. The van der Waals surface area contributed by atoms with Crippen molar-refractivity contribution in [3.8, 4) is 0 Å². The maximum absolute atomic E-state index is 5.16. The van der Waals surface area contributed by atoms with Gasteiger partial charge in [0, 0.05) is 11.7 Å². The summed E-state index contributed by atoms with van der Waals surface area (Å²) in [6, 6.07) is 0. The van der Waals surface area contributed by atoms with Gasteiger partial charge in [-0.25, -0.2) is 0 Å². The lowest BCUT2D eigenvalue weighted by Gasteiger charge is -2.17. The van der Waals surface area contributed by atoms with Crippen LogP contribution in [0.2, 0.25) is 0 Å². The van der Waals surface area contributed by atoms with Crippen molar-refractivity contribution in [3.05, 3.63) is 12.7 Å². The third-order valence-electron chi connectivity index (χ3n) is 1.16. The summed E-state index contributed by atoms with van der Waals surface area (Å²) >= 11 is 1.83. The van der Waals surface area contributed by atoms with Crippen molar-refractivity contribution >= 4 is 11.8 Å². The Morgan fingerprint density at radius 3 is 3.00 bits per heavy atom. The van der Waals surface area contributed by atoms with Gasteiger partial charge in [-0.05, 0) is 0 Å². The molecule has 1 unspecified atom stereocenters. The summed E-state index contributed by atoms with van der Waals surface area (Å²) in [6.45, 7) is 4.56. The van der Waals surface area contributed by atoms with Crippen LogP contribution in [-0.2, 0) is 4.74 Å². The van der Waals surface area contributed by atoms with Crippen molar-refractivity contribution in [2.75, 3.05) is 18.3 Å². The van der Waals surface area contributed by atoms with Gasteiger partial charge in [0.2, 0.25) is 0 Å². The lowest BCUT2D eigenvalue weighted by molar-refractivity contribution is 0.154. The van der Waals surface area contributed by atoms with Crippen molar-refractivity contribution in [1.29, 1.82) is 0 Å². The molecule has 0 saturated carbocycles. The van der Waals surface area contributed by atoms with Gasteiger partial charge in [0.15, 0.2) is 0 Å². The number of rotatable bonds is 1. The Labute approximate surface area is 54.1 Å². The van der Waals surface area contributed by atoms with Crippen LogP contribution in [0.1, 0.15) is 0 Å². The zero-order valence-electron chi connectivity index (χ0n) is 4.80. The molecule has 2 heteroatoms. The quantitative estimate of drug-likeness (QED) is 0.497. The Hall–Kier alpha value is 0.0500. The van der Waals surface area contributed by atoms with E-state index in [1.54, 1.807) is 0 Å². The summed E-state index contributed by atoms with van der Waals surface area (Å²) in [5.74, 6) is 2.64. The SMILES string of the molecule is C=CC1COCSC1. The minimum atomic E-state index is 0.591. The first kappa shape index (κ1) is 6.17. The first-order valence-corrected chi connectivity index (χ1v) is 3.87. The summed E-state index contributed by atoms with van der Waals surface area (Å²) in [5.41, 5.74) is 0. The second-order valence-electron chi connectivity index (χ2n) is 1.86. The van der Waals surface area contributed by atoms with Crippen molar-refractivity contribution in [3.63, 3.8) is 0 Å². The second-order valence-corrected chi connectivity index (χ2v) is 2.83. The Balaban J connectivity index is 2.22. The van der Waals surface area contributed by atoms with Gasteiger partial charge in [-0.3, -0.25) is 0 Å². The third-order valence-corrected chi connectivity index (χ3v) is 2.16. The van der Waals surface area contributed by atoms with Crippen LogP contribution in [0.25, 0.3) is 0 Å². The Bertz CT molecular complexity index is 76.6. The van der Waals surface area contributed by atoms with Crippen LogP contribution in [0.4, 0.5) is 0 Å². The average Bonchev–Trinajstić information content (AvgIpc) is 1.90. The molecule has 1 nitrogen and oxygen atoms in total. The third kappa shape index (κ3) is 1.53. The van der Waals surface area contributed by atoms with Gasteiger partial charge >= 0.3 is 0 Å². The van der Waals surface area contributed by atoms with Gasteiger partial charge in [0.25, 0.3) is 0 Å². The maximum atomic E-state index is 5.16. The molecule has 1 saturated heterocycles. The van der Waals surface area contributed by atoms with Gasteiger partial charge in [0.1, 0.15) is 0 Å². The van der Waals surface area contributed by atoms with Crippen LogP contribution >= 0.6 is 11.8 Å². The molecule has 0 aromatic carbocycles. The highest BCUT2D eigenvalue weighted by Crippen LogP contribution is 2.15. The average molecular weight is 130 g/mol. The smallest absolute Gasteiger partial charge is 0.0921 e. The van der Waals surface area contributed by atoms with Crippen molar-refractivity contribution in [2.45, 2.75) is 0 Å². The molecule has 1 atom stereocenters. The Morgan fingerprint density at radius 2 is 2.62 bits per heavy atom. The number of ether oxygens (including phenoxy) is 1. The molecular weight excluding hydrogens is 120 g/mol. The molecule has 8 heavy (non-hydrogen) atoms. The van der Waals surface area contributed by atoms with E-state index in [0.29, 0.717) is 5.92 Å². The molecule has 1 rings (SSSR count). The fourth-order valence-electron chi connectivity index (χ4n) is 0.642. The zero-order chi connectivity index (χ0) is 5.82. The molecule has 0 N–H and O–H groups in total. The van der Waals surface area contributed by atoms with E-state index in [-0.39, 0.29) is 0 Å². The molecule has 0 radical (unpaired) electrons. The highest BCUT2D eigenvalue weighted by Gasteiger charge is 2.08. The van der Waals surface area contributed by atoms with Crippen LogP contribution in [0.15, 0.2) is 12.7 Å². The van der Waals surface area contributed by atoms with Crippen LogP contribution in [0.5, 0.6) is 0 Å². The monoisotopic (exact) mass is 130 g/mol. The topological polar surface area (TPSA) is 9.23 Å². The first-order chi connectivity index (χ1) is 3.93. The fraction of sp³-hybridized carbons (Fsp3) is 0.667. The normalized spacial score (nSPS) is 29.8. The molecule has 0 aliphatic carbocycles. The highest BCUT2D eigenvalue weighted by molar-refractivity contribution is 7.99. The molecule has 0 spiro atoms. The summed E-state index contributed by atoms with van der Waals surface area (Å²) in [4.78, 5) is 0. The van der Waals surface area contributed by atoms with Crippen LogP contribution in [-0.4, -0.2) is 18.3 Å². The fourth-order valence-corrected chi connectivity index (χ4v) is 1.49. The van der Waals surface area contributed by atoms with Crippen molar-refractivity contribution in [1.82, 2.24) is 0 Å². The van der Waals surface area contributed by atoms with Crippen LogP contribution in [0, 0.1) is 5.92 Å². The Kier molecular flexibility index (Phi) is 2.43. The largest absolute Gasteiger partial charge is 0.370 e. The van der Waals surface area contributed by atoms with Crippen LogP contribution < -0.4 is 0 Å². The zero-order valence-corrected chi connectivity index (χ0v) is 5.62. The molecule has 1 heterocycles. The lowest BCUT2D eigenvalue weighted by Crippen LogP contribution is -2.15. The highest BCUT2D eigenvalue weighted by atomic mass is 32.2. The molecule has 1 aliphatic rings. The van der Waals surface area contributed by atoms with Gasteiger partial charge in [-0.2, -0.15) is 0 Å². The molecule has 0 aromatic rings. The number of thioether (sulfide) groups is 1. The van der Waals surface area contributed by atoms with E-state index in [1.165, 1.54) is 5.75 Å². The van der Waals surface area contributed by atoms with E-state index in [4.69, 9.17) is 4.74 Å². The molecule has 0 bridgehead atoms. The van der Waals surface area contributed by atoms with E-state index in [0.717, 1.165) is 12.5 Å². The summed E-state index contributed by atoms with van der Waals surface area (Å²) in [6.07, 6.45) is 1.96. The molecule has 0 aromatic heterocycles. The molecule has 46 valence electrons. The van der Waals surface area contributed by atoms with Crippen LogP contribution in [0.3, 0.4) is 0 Å². The van der Waals surface area contributed by atoms with Gasteiger partial charge in [0.05, 0.1) is 12.5 Å². The number of hydrogen-bond acceptors (Lipinski definition) is 2. The summed E-state index contributed by atoms with van der Waals surface area (Å²) in [7, 11) is 0. The number of hydrogen-bond donors (Lipinski definition) is 0. The van der Waals surface area contributed by atoms with Crippen molar-refractivity contribution in [2.24, 2.45) is 5.92 Å². The summed E-state index contributed by atoms with van der Waals surface area (Å²) < 4.78 is 5.16. The minimum absolute atomic E-state index is 0.591. The van der Waals surface area contributed by atoms with Crippen molar-refractivity contribution < 1.29 is 4.74 Å². The van der Waals surface area contributed by atoms with E-state index in [1.807, 2.05) is 17.8 Å². The maximum Gasteiger partial charge on any atom is 0.0921 e. The van der Waals surface area contributed by atoms with E-state index in [9.17, 15) is 0 Å². The van der Waals surface area contributed by atoms with Gasteiger partial charge in [-0.1, -0.05) is 6.08 Å². The van der Waals surface area contributed by atoms with Gasteiger partial charge in [-0.15, -0.1) is 18.3 Å². The van der Waals surface area contributed by atoms with E-state index >= 15 is 0 Å². The minimum Gasteiger partial charge on any atom is -0.370 e. The van der Waals surface area contributed by atoms with E-state index in [2.05, 4.69) is 6.58 Å².